The molecule has 4 aliphatic rings. The first kappa shape index (κ1) is 31.1. The van der Waals surface area contributed by atoms with Crippen molar-refractivity contribution in [2.75, 3.05) is 41.3 Å². The largest absolute Gasteiger partial charge is 0.463 e. The van der Waals surface area contributed by atoms with Crippen LogP contribution in [0, 0.1) is 0 Å². The van der Waals surface area contributed by atoms with Crippen molar-refractivity contribution in [3.8, 4) is 11.5 Å². The van der Waals surface area contributed by atoms with Gasteiger partial charge in [0.2, 0.25) is 12.9 Å². The third-order valence-corrected chi connectivity index (χ3v) is 8.20. The zero-order chi connectivity index (χ0) is 30.8. The van der Waals surface area contributed by atoms with E-state index in [-0.39, 0.29) is 38.7 Å². The predicted molar refractivity (Wildman–Crippen MR) is 143 cm³/mol. The van der Waals surface area contributed by atoms with Crippen LogP contribution >= 0.6 is 0 Å². The van der Waals surface area contributed by atoms with Gasteiger partial charge < -0.3 is 47.5 Å². The molecule has 0 saturated carbocycles. The Balaban J connectivity index is 1.50. The van der Waals surface area contributed by atoms with Crippen molar-refractivity contribution in [1.82, 2.24) is 4.90 Å². The number of esters is 2. The van der Waals surface area contributed by atoms with E-state index in [0.29, 0.717) is 17.9 Å². The van der Waals surface area contributed by atoms with Crippen LogP contribution in [-0.4, -0.2) is 113 Å². The quantitative estimate of drug-likeness (QED) is 0.384. The number of carbonyl (C=O) groups is 4. The SMILES string of the molecule is CO[C@@H]1[C@@H](OC)[C@H](O[C@@H]2CC(=O)[C@@H]3CCN(Cc4cc5c(cc43)OCO5)C(=O)[C@H]2OC(C)=O)O[C@H](COC(C)=O)[C@H]1OC. The number of nitrogens with zero attached hydrogens (tertiary/aromatic N) is 1. The molecule has 1 amide bonds. The molecule has 2 bridgehead atoms. The zero-order valence-corrected chi connectivity index (χ0v) is 24.8. The smallest absolute Gasteiger partial charge is 0.303 e. The van der Waals surface area contributed by atoms with E-state index in [9.17, 15) is 19.2 Å². The lowest BCUT2D eigenvalue weighted by molar-refractivity contribution is -0.326. The highest BCUT2D eigenvalue weighted by atomic mass is 16.7. The number of amides is 1. The van der Waals surface area contributed by atoms with Gasteiger partial charge in [-0.2, -0.15) is 0 Å². The maximum atomic E-state index is 14.0. The van der Waals surface area contributed by atoms with Gasteiger partial charge in [-0.05, 0) is 29.7 Å². The summed E-state index contributed by atoms with van der Waals surface area (Å²) in [5, 5.41) is 0. The molecule has 0 radical (unpaired) electrons. The number of ketones is 1. The average molecular weight is 608 g/mol. The summed E-state index contributed by atoms with van der Waals surface area (Å²) < 4.78 is 51.4. The standard InChI is InChI=1S/C29H37NO13/c1-14(31)38-12-23-24(35-3)26(36-4)27(37-5)29(43-23)42-22-10-19(33)17-6-7-30(28(34)25(22)41-15(2)32)11-16-8-20-21(9-18(16)17)40-13-39-20/h8-9,17,22-27,29H,6-7,10-13H2,1-5H3/t17-,22-,23-,24-,25+,26+,27-,29-/m1/s1. The van der Waals surface area contributed by atoms with Gasteiger partial charge in [0.25, 0.3) is 5.91 Å². The number of fused-ring (bicyclic) bond motifs is 6. The van der Waals surface area contributed by atoms with Gasteiger partial charge >= 0.3 is 11.9 Å². The monoisotopic (exact) mass is 607 g/mol. The van der Waals surface area contributed by atoms with E-state index in [0.717, 1.165) is 11.1 Å². The highest BCUT2D eigenvalue weighted by Gasteiger charge is 2.51. The molecule has 0 aliphatic carbocycles. The molecule has 0 unspecified atom stereocenters. The molecule has 1 aromatic carbocycles. The van der Waals surface area contributed by atoms with Crippen LogP contribution in [0.15, 0.2) is 12.1 Å². The van der Waals surface area contributed by atoms with Gasteiger partial charge in [0.05, 0.1) is 0 Å². The second-order valence-corrected chi connectivity index (χ2v) is 10.8. The van der Waals surface area contributed by atoms with Gasteiger partial charge in [-0.25, -0.2) is 0 Å². The van der Waals surface area contributed by atoms with Crippen LogP contribution in [0.1, 0.15) is 43.7 Å². The number of carbonyl (C=O) groups excluding carboxylic acids is 4. The number of benzene rings is 1. The fraction of sp³-hybridized carbons (Fsp3) is 0.655. The van der Waals surface area contributed by atoms with Gasteiger partial charge in [0, 0.05) is 60.6 Å². The summed E-state index contributed by atoms with van der Waals surface area (Å²) in [6.07, 6.45) is -7.01. The molecule has 8 atom stereocenters. The summed E-state index contributed by atoms with van der Waals surface area (Å²) >= 11 is 0. The summed E-state index contributed by atoms with van der Waals surface area (Å²) in [5.41, 5.74) is 1.51. The Hall–Kier alpha value is -3.30. The minimum absolute atomic E-state index is 0.0663. The van der Waals surface area contributed by atoms with E-state index in [2.05, 4.69) is 0 Å². The molecule has 43 heavy (non-hydrogen) atoms. The molecule has 4 heterocycles. The molecular weight excluding hydrogens is 570 g/mol. The maximum Gasteiger partial charge on any atom is 0.303 e. The van der Waals surface area contributed by atoms with Crippen LogP contribution in [0.2, 0.25) is 0 Å². The van der Waals surface area contributed by atoms with Crippen LogP contribution in [0.4, 0.5) is 0 Å². The van der Waals surface area contributed by atoms with Crippen LogP contribution in [0.3, 0.4) is 0 Å². The molecule has 2 saturated heterocycles. The third kappa shape index (κ3) is 6.34. The Bertz CT molecular complexity index is 1240. The van der Waals surface area contributed by atoms with Gasteiger partial charge in [-0.15, -0.1) is 0 Å². The van der Waals surface area contributed by atoms with Crippen molar-refractivity contribution < 1.29 is 61.8 Å². The van der Waals surface area contributed by atoms with Gasteiger partial charge in [-0.3, -0.25) is 19.2 Å². The number of rotatable bonds is 8. The van der Waals surface area contributed by atoms with E-state index >= 15 is 0 Å². The second kappa shape index (κ2) is 13.1. The lowest BCUT2D eigenvalue weighted by atomic mass is 9.86. The summed E-state index contributed by atoms with van der Waals surface area (Å²) in [4.78, 5) is 53.4. The number of Topliss-reactive ketones (excluding diaryl/α,β-unsaturated/α-hetero) is 1. The molecule has 2 fully saturated rings. The number of ether oxygens (including phenoxy) is 9. The first-order valence-electron chi connectivity index (χ1n) is 14.1. The number of hydrogen-bond acceptors (Lipinski definition) is 13. The first-order chi connectivity index (χ1) is 20.6. The molecule has 0 N–H and O–H groups in total. The minimum Gasteiger partial charge on any atom is -0.463 e. The Kier molecular flexibility index (Phi) is 9.51. The molecule has 0 spiro atoms. The van der Waals surface area contributed by atoms with Gasteiger partial charge in [0.15, 0.2) is 17.8 Å². The van der Waals surface area contributed by atoms with Crippen LogP contribution in [-0.2, 0) is 58.9 Å². The van der Waals surface area contributed by atoms with Gasteiger partial charge in [0.1, 0.15) is 42.9 Å². The maximum absolute atomic E-state index is 14.0. The lowest BCUT2D eigenvalue weighted by Crippen LogP contribution is -2.62. The van der Waals surface area contributed by atoms with E-state index < -0.39 is 66.7 Å². The second-order valence-electron chi connectivity index (χ2n) is 10.8. The van der Waals surface area contributed by atoms with Crippen LogP contribution in [0.5, 0.6) is 11.5 Å². The molecule has 1 aromatic rings. The molecule has 4 aliphatic heterocycles. The van der Waals surface area contributed by atoms with Gasteiger partial charge in [-0.1, -0.05) is 0 Å². The van der Waals surface area contributed by atoms with E-state index in [4.69, 9.17) is 42.6 Å². The Morgan fingerprint density at radius 1 is 0.953 bits per heavy atom. The molecule has 236 valence electrons. The first-order valence-corrected chi connectivity index (χ1v) is 14.1. The highest BCUT2D eigenvalue weighted by molar-refractivity contribution is 5.91. The Morgan fingerprint density at radius 2 is 1.65 bits per heavy atom. The fourth-order valence-corrected chi connectivity index (χ4v) is 6.22. The van der Waals surface area contributed by atoms with Crippen molar-refractivity contribution in [2.45, 2.75) is 82.1 Å². The van der Waals surface area contributed by atoms with Crippen LogP contribution < -0.4 is 9.47 Å². The Labute approximate surface area is 248 Å². The lowest BCUT2D eigenvalue weighted by Gasteiger charge is -2.45. The van der Waals surface area contributed by atoms with Crippen molar-refractivity contribution in [3.63, 3.8) is 0 Å². The summed E-state index contributed by atoms with van der Waals surface area (Å²) in [5.74, 6) is -1.46. The fourth-order valence-electron chi connectivity index (χ4n) is 6.22. The van der Waals surface area contributed by atoms with Crippen molar-refractivity contribution in [1.29, 1.82) is 0 Å². The number of methoxy groups -OCH3 is 3. The molecular formula is C29H37NO13. The molecule has 14 nitrogen and oxygen atoms in total. The van der Waals surface area contributed by atoms with Crippen molar-refractivity contribution in [2.24, 2.45) is 0 Å². The third-order valence-electron chi connectivity index (χ3n) is 8.20. The summed E-state index contributed by atoms with van der Waals surface area (Å²) in [7, 11) is 4.34. The summed E-state index contributed by atoms with van der Waals surface area (Å²) in [6.45, 7) is 2.76. The minimum atomic E-state index is -1.45. The zero-order valence-electron chi connectivity index (χ0n) is 24.8. The summed E-state index contributed by atoms with van der Waals surface area (Å²) in [6, 6.07) is 3.59. The number of hydrogen-bond donors (Lipinski definition) is 0. The Morgan fingerprint density at radius 3 is 2.30 bits per heavy atom. The highest BCUT2D eigenvalue weighted by Crippen LogP contribution is 2.42. The van der Waals surface area contributed by atoms with Crippen molar-refractivity contribution >= 4 is 23.6 Å². The molecule has 0 aromatic heterocycles. The molecule has 5 rings (SSSR count). The molecule has 14 heteroatoms. The van der Waals surface area contributed by atoms with E-state index in [1.54, 1.807) is 17.0 Å². The van der Waals surface area contributed by atoms with E-state index in [1.165, 1.54) is 35.2 Å². The average Bonchev–Trinajstić information content (AvgIpc) is 3.36. The van der Waals surface area contributed by atoms with Crippen LogP contribution in [0.25, 0.3) is 0 Å². The van der Waals surface area contributed by atoms with E-state index in [1.807, 2.05) is 0 Å². The normalized spacial score (nSPS) is 31.9. The van der Waals surface area contributed by atoms with Crippen molar-refractivity contribution in [3.05, 3.63) is 23.3 Å². The topological polar surface area (TPSA) is 155 Å². The predicted octanol–water partition coefficient (Wildman–Crippen LogP) is 0.854.